The third kappa shape index (κ3) is 3.74. The predicted octanol–water partition coefficient (Wildman–Crippen LogP) is 3.80. The largest absolute Gasteiger partial charge is 0.495 e. The zero-order chi connectivity index (χ0) is 21.9. The Morgan fingerprint density at radius 3 is 2.94 bits per heavy atom. The molecule has 3 heterocycles. The molecule has 0 aliphatic carbocycles. The van der Waals surface area contributed by atoms with Gasteiger partial charge in [0, 0.05) is 18.9 Å². The molecule has 1 amide bonds. The lowest BCUT2D eigenvalue weighted by Crippen LogP contribution is -2.23. The smallest absolute Gasteiger partial charge is 0.255 e. The van der Waals surface area contributed by atoms with Crippen LogP contribution in [0.25, 0.3) is 23.1 Å². The average molecular weight is 428 g/mol. The molecule has 2 aromatic heterocycles. The summed E-state index contributed by atoms with van der Waals surface area (Å²) >= 11 is 0. The summed E-state index contributed by atoms with van der Waals surface area (Å²) in [7, 11) is 1.55. The first-order valence-electron chi connectivity index (χ1n) is 10.0. The lowest BCUT2D eigenvalue weighted by molar-refractivity contribution is 0.0948. The van der Waals surface area contributed by atoms with Crippen molar-refractivity contribution in [2.75, 3.05) is 13.9 Å². The fourth-order valence-electron chi connectivity index (χ4n) is 3.59. The van der Waals surface area contributed by atoms with Gasteiger partial charge in [-0.1, -0.05) is 18.2 Å². The number of methoxy groups -OCH3 is 1. The first kappa shape index (κ1) is 19.6. The van der Waals surface area contributed by atoms with Crippen molar-refractivity contribution in [3.63, 3.8) is 0 Å². The van der Waals surface area contributed by atoms with Crippen molar-refractivity contribution in [2.45, 2.75) is 6.54 Å². The van der Waals surface area contributed by atoms with E-state index in [0.717, 1.165) is 28.0 Å². The van der Waals surface area contributed by atoms with Gasteiger partial charge >= 0.3 is 0 Å². The minimum atomic E-state index is -0.237. The molecule has 5 rings (SSSR count). The average Bonchev–Trinajstić information content (AvgIpc) is 3.47. The van der Waals surface area contributed by atoms with Gasteiger partial charge in [-0.15, -0.1) is 0 Å². The first-order chi connectivity index (χ1) is 15.7. The highest BCUT2D eigenvalue weighted by molar-refractivity contribution is 6.05. The number of carbonyl (C=O) groups is 1. The molecular weight excluding hydrogens is 408 g/mol. The number of nitrogens with one attached hydrogen (secondary N) is 2. The Labute approximate surface area is 183 Å². The Morgan fingerprint density at radius 1 is 1.19 bits per heavy atom. The third-order valence-electron chi connectivity index (χ3n) is 5.17. The summed E-state index contributed by atoms with van der Waals surface area (Å²) in [6.07, 6.45) is 7.24. The van der Waals surface area contributed by atoms with E-state index >= 15 is 0 Å². The van der Waals surface area contributed by atoms with E-state index in [1.807, 2.05) is 42.5 Å². The molecule has 0 fully saturated rings. The van der Waals surface area contributed by atoms with Crippen LogP contribution < -0.4 is 19.5 Å². The number of H-pyrrole nitrogens is 1. The maximum atomic E-state index is 12.9. The molecule has 8 nitrogen and oxygen atoms in total. The Kier molecular flexibility index (Phi) is 5.17. The zero-order valence-electron chi connectivity index (χ0n) is 17.3. The normalized spacial score (nSPS) is 12.4. The highest BCUT2D eigenvalue weighted by atomic mass is 16.7. The number of carbonyl (C=O) groups excluding carboxylic acids is 1. The summed E-state index contributed by atoms with van der Waals surface area (Å²) < 4.78 is 16.4. The number of nitrogens with zero attached hydrogens (tertiary/aromatic N) is 2. The van der Waals surface area contributed by atoms with Crippen LogP contribution in [0, 0.1) is 0 Å². The van der Waals surface area contributed by atoms with Crippen LogP contribution in [0.5, 0.6) is 17.2 Å². The molecule has 1 aliphatic heterocycles. The van der Waals surface area contributed by atoms with E-state index in [-0.39, 0.29) is 12.7 Å². The third-order valence-corrected chi connectivity index (χ3v) is 5.17. The number of fused-ring (bicyclic) bond motifs is 2. The predicted molar refractivity (Wildman–Crippen MR) is 120 cm³/mol. The van der Waals surface area contributed by atoms with Gasteiger partial charge in [0.15, 0.2) is 11.5 Å². The van der Waals surface area contributed by atoms with E-state index in [0.29, 0.717) is 29.1 Å². The van der Waals surface area contributed by atoms with Gasteiger partial charge in [0.1, 0.15) is 5.75 Å². The summed E-state index contributed by atoms with van der Waals surface area (Å²) in [6.45, 7) is 0.604. The SMILES string of the molecule is COc1c(C(=O)NCc2cccnc2)ccc2n[nH]c(/C=C/c3ccc4c(c3)OCO4)c12. The number of ether oxygens (including phenoxy) is 3. The monoisotopic (exact) mass is 428 g/mol. The lowest BCUT2D eigenvalue weighted by Gasteiger charge is -2.11. The molecule has 0 radical (unpaired) electrons. The molecule has 32 heavy (non-hydrogen) atoms. The zero-order valence-corrected chi connectivity index (χ0v) is 17.3. The molecule has 0 saturated heterocycles. The van der Waals surface area contributed by atoms with Crippen LogP contribution in [-0.4, -0.2) is 35.0 Å². The van der Waals surface area contributed by atoms with E-state index in [2.05, 4.69) is 20.5 Å². The summed E-state index contributed by atoms with van der Waals surface area (Å²) in [6, 6.07) is 13.0. The molecule has 0 spiro atoms. The molecule has 8 heteroatoms. The summed E-state index contributed by atoms with van der Waals surface area (Å²) in [5.41, 5.74) is 3.73. The van der Waals surface area contributed by atoms with E-state index in [9.17, 15) is 4.79 Å². The number of amides is 1. The van der Waals surface area contributed by atoms with Crippen LogP contribution >= 0.6 is 0 Å². The minimum Gasteiger partial charge on any atom is -0.495 e. The van der Waals surface area contributed by atoms with Crippen molar-refractivity contribution in [1.82, 2.24) is 20.5 Å². The van der Waals surface area contributed by atoms with Crippen LogP contribution in [0.15, 0.2) is 54.9 Å². The van der Waals surface area contributed by atoms with E-state index in [1.54, 1.807) is 31.6 Å². The number of hydrogen-bond acceptors (Lipinski definition) is 6. The van der Waals surface area contributed by atoms with Gasteiger partial charge in [-0.2, -0.15) is 5.10 Å². The molecule has 1 aliphatic rings. The molecule has 0 unspecified atom stereocenters. The van der Waals surface area contributed by atoms with Crippen LogP contribution in [-0.2, 0) is 6.54 Å². The molecule has 0 saturated carbocycles. The second-order valence-electron chi connectivity index (χ2n) is 7.17. The lowest BCUT2D eigenvalue weighted by atomic mass is 10.1. The van der Waals surface area contributed by atoms with Crippen LogP contribution in [0.3, 0.4) is 0 Å². The Hall–Kier alpha value is -4.33. The molecule has 4 aromatic rings. The van der Waals surface area contributed by atoms with Gasteiger partial charge in [0.05, 0.1) is 29.3 Å². The molecule has 0 bridgehead atoms. The van der Waals surface area contributed by atoms with Gasteiger partial charge < -0.3 is 19.5 Å². The number of hydrogen-bond donors (Lipinski definition) is 2. The number of aromatic nitrogens is 3. The molecule has 0 atom stereocenters. The standard InChI is InChI=1S/C24H20N4O4/c1-30-23-17(24(29)26-13-16-3-2-10-25-12-16)6-8-19-22(23)18(27-28-19)7-4-15-5-9-20-21(11-15)32-14-31-20/h2-12H,13-14H2,1H3,(H,26,29)(H,27,28)/b7-4+. The maximum absolute atomic E-state index is 12.9. The van der Waals surface area contributed by atoms with Crippen LogP contribution in [0.1, 0.15) is 27.2 Å². The van der Waals surface area contributed by atoms with Crippen molar-refractivity contribution in [2.24, 2.45) is 0 Å². The number of aromatic amines is 1. The van der Waals surface area contributed by atoms with Crippen molar-refractivity contribution < 1.29 is 19.0 Å². The van der Waals surface area contributed by atoms with Crippen LogP contribution in [0.4, 0.5) is 0 Å². The van der Waals surface area contributed by atoms with Gasteiger partial charge in [-0.25, -0.2) is 0 Å². The van der Waals surface area contributed by atoms with Crippen molar-refractivity contribution in [3.8, 4) is 17.2 Å². The molecule has 2 N–H and O–H groups in total. The number of benzene rings is 2. The van der Waals surface area contributed by atoms with Gasteiger partial charge in [0.2, 0.25) is 6.79 Å². The summed E-state index contributed by atoms with van der Waals surface area (Å²) in [5.74, 6) is 1.68. The highest BCUT2D eigenvalue weighted by Crippen LogP contribution is 2.34. The van der Waals surface area contributed by atoms with Crippen molar-refractivity contribution in [3.05, 3.63) is 77.2 Å². The second-order valence-corrected chi connectivity index (χ2v) is 7.17. The van der Waals surface area contributed by atoms with Crippen LogP contribution in [0.2, 0.25) is 0 Å². The molecular formula is C24H20N4O4. The van der Waals surface area contributed by atoms with Crippen molar-refractivity contribution >= 4 is 29.0 Å². The fraction of sp³-hybridized carbons (Fsp3) is 0.125. The first-order valence-corrected chi connectivity index (χ1v) is 10.0. The van der Waals surface area contributed by atoms with Gasteiger partial charge in [-0.3, -0.25) is 14.9 Å². The highest BCUT2D eigenvalue weighted by Gasteiger charge is 2.19. The molecule has 2 aromatic carbocycles. The Bertz CT molecular complexity index is 1310. The summed E-state index contributed by atoms with van der Waals surface area (Å²) in [5, 5.41) is 11.0. The van der Waals surface area contributed by atoms with Crippen molar-refractivity contribution in [1.29, 1.82) is 0 Å². The Morgan fingerprint density at radius 2 is 2.09 bits per heavy atom. The van der Waals surface area contributed by atoms with E-state index < -0.39 is 0 Å². The molecule has 160 valence electrons. The van der Waals surface area contributed by atoms with Gasteiger partial charge in [0.25, 0.3) is 5.91 Å². The van der Waals surface area contributed by atoms with Gasteiger partial charge in [-0.05, 0) is 47.5 Å². The minimum absolute atomic E-state index is 0.233. The quantitative estimate of drug-likeness (QED) is 0.485. The topological polar surface area (TPSA) is 98.4 Å². The number of pyridine rings is 1. The van der Waals surface area contributed by atoms with E-state index in [1.165, 1.54) is 0 Å². The Balaban J connectivity index is 1.44. The number of rotatable bonds is 6. The van der Waals surface area contributed by atoms with E-state index in [4.69, 9.17) is 14.2 Å². The maximum Gasteiger partial charge on any atom is 0.255 e. The second kappa shape index (κ2) is 8.43. The summed E-state index contributed by atoms with van der Waals surface area (Å²) in [4.78, 5) is 16.9. The fourth-order valence-corrected chi connectivity index (χ4v) is 3.59.